The van der Waals surface area contributed by atoms with Gasteiger partial charge in [0.2, 0.25) is 5.91 Å². The van der Waals surface area contributed by atoms with Crippen molar-refractivity contribution in [2.45, 2.75) is 32.2 Å². The first-order valence-corrected chi connectivity index (χ1v) is 9.23. The largest absolute Gasteiger partial charge is 0.468 e. The standard InChI is InChI=1S/C19H28N2O3/c1-23-13-17-18(22)21(11-15-4-5-15)14-19(17)6-8-20(9-7-19)12-16-3-2-10-24-16/h2-3,10,15,17H,4-9,11-14H2,1H3/t17-/m1/s1. The average molecular weight is 332 g/mol. The Hall–Kier alpha value is -1.33. The van der Waals surface area contributed by atoms with Crippen LogP contribution in [0.2, 0.25) is 0 Å². The number of ether oxygens (including phenoxy) is 1. The molecule has 0 N–H and O–H groups in total. The van der Waals surface area contributed by atoms with Crippen molar-refractivity contribution in [1.82, 2.24) is 9.80 Å². The molecular weight excluding hydrogens is 304 g/mol. The summed E-state index contributed by atoms with van der Waals surface area (Å²) in [6.45, 7) is 5.41. The third kappa shape index (κ3) is 3.11. The number of amides is 1. The Bertz CT molecular complexity index is 559. The van der Waals surface area contributed by atoms with Gasteiger partial charge in [-0.15, -0.1) is 0 Å². The van der Waals surface area contributed by atoms with Crippen LogP contribution in [0.3, 0.4) is 0 Å². The van der Waals surface area contributed by atoms with E-state index in [-0.39, 0.29) is 11.3 Å². The first-order chi connectivity index (χ1) is 11.7. The molecular formula is C19H28N2O3. The van der Waals surface area contributed by atoms with Crippen LogP contribution in [0.4, 0.5) is 0 Å². The van der Waals surface area contributed by atoms with Crippen LogP contribution < -0.4 is 0 Å². The smallest absolute Gasteiger partial charge is 0.228 e. The third-order valence-electron chi connectivity index (χ3n) is 6.17. The second-order valence-electron chi connectivity index (χ2n) is 7.89. The molecule has 2 aliphatic heterocycles. The van der Waals surface area contributed by atoms with Gasteiger partial charge in [-0.1, -0.05) is 0 Å². The summed E-state index contributed by atoms with van der Waals surface area (Å²) < 4.78 is 10.9. The van der Waals surface area contributed by atoms with Crippen LogP contribution in [-0.2, 0) is 16.1 Å². The fourth-order valence-electron chi connectivity index (χ4n) is 4.52. The highest BCUT2D eigenvalue weighted by Gasteiger charge is 2.53. The zero-order valence-corrected chi connectivity index (χ0v) is 14.6. The minimum absolute atomic E-state index is 0.0482. The SMILES string of the molecule is COC[C@@H]1C(=O)N(CC2CC2)CC12CCN(Cc1ccco1)CC2. The van der Waals surface area contributed by atoms with E-state index in [2.05, 4.69) is 9.80 Å². The topological polar surface area (TPSA) is 45.9 Å². The number of likely N-dealkylation sites (tertiary alicyclic amines) is 2. The van der Waals surface area contributed by atoms with Crippen LogP contribution in [0.1, 0.15) is 31.4 Å². The zero-order valence-electron chi connectivity index (χ0n) is 14.6. The molecule has 5 nitrogen and oxygen atoms in total. The monoisotopic (exact) mass is 332 g/mol. The number of hydrogen-bond acceptors (Lipinski definition) is 4. The summed E-state index contributed by atoms with van der Waals surface area (Å²) >= 11 is 0. The summed E-state index contributed by atoms with van der Waals surface area (Å²) in [5.41, 5.74) is 0.113. The lowest BCUT2D eigenvalue weighted by molar-refractivity contribution is -0.133. The molecule has 1 amide bonds. The Kier molecular flexibility index (Phi) is 4.39. The number of methoxy groups -OCH3 is 1. The van der Waals surface area contributed by atoms with Gasteiger partial charge in [0.15, 0.2) is 0 Å². The van der Waals surface area contributed by atoms with Gasteiger partial charge in [-0.05, 0) is 56.8 Å². The van der Waals surface area contributed by atoms with Crippen LogP contribution in [-0.4, -0.2) is 55.6 Å². The highest BCUT2D eigenvalue weighted by Crippen LogP contribution is 2.46. The minimum atomic E-state index is 0.0482. The number of hydrogen-bond donors (Lipinski definition) is 0. The second-order valence-corrected chi connectivity index (χ2v) is 7.89. The van der Waals surface area contributed by atoms with Crippen LogP contribution in [0, 0.1) is 17.3 Å². The molecule has 0 aromatic carbocycles. The molecule has 1 saturated carbocycles. The maximum atomic E-state index is 12.9. The molecule has 0 bridgehead atoms. The first-order valence-electron chi connectivity index (χ1n) is 9.23. The molecule has 0 radical (unpaired) electrons. The van der Waals surface area contributed by atoms with Crippen molar-refractivity contribution in [3.05, 3.63) is 24.2 Å². The molecule has 132 valence electrons. The molecule has 1 aromatic rings. The fraction of sp³-hybridized carbons (Fsp3) is 0.737. The highest BCUT2D eigenvalue weighted by molar-refractivity contribution is 5.82. The third-order valence-corrected chi connectivity index (χ3v) is 6.17. The molecule has 1 spiro atoms. The van der Waals surface area contributed by atoms with Crippen molar-refractivity contribution < 1.29 is 13.9 Å². The lowest BCUT2D eigenvalue weighted by Gasteiger charge is -2.41. The maximum Gasteiger partial charge on any atom is 0.228 e. The fourth-order valence-corrected chi connectivity index (χ4v) is 4.52. The van der Waals surface area contributed by atoms with Crippen molar-refractivity contribution in [3.63, 3.8) is 0 Å². The van der Waals surface area contributed by atoms with E-state index in [1.165, 1.54) is 12.8 Å². The number of nitrogens with zero attached hydrogens (tertiary/aromatic N) is 2. The predicted octanol–water partition coefficient (Wildman–Crippen LogP) is 2.38. The summed E-state index contributed by atoms with van der Waals surface area (Å²) in [5, 5.41) is 0. The van der Waals surface area contributed by atoms with Gasteiger partial charge in [0, 0.05) is 25.6 Å². The van der Waals surface area contributed by atoms with Gasteiger partial charge in [-0.25, -0.2) is 0 Å². The first kappa shape index (κ1) is 16.2. The number of carbonyl (C=O) groups excluding carboxylic acids is 1. The molecule has 1 atom stereocenters. The molecule has 3 aliphatic rings. The molecule has 24 heavy (non-hydrogen) atoms. The van der Waals surface area contributed by atoms with Crippen LogP contribution >= 0.6 is 0 Å². The second kappa shape index (κ2) is 6.52. The van der Waals surface area contributed by atoms with Gasteiger partial charge in [0.05, 0.1) is 25.3 Å². The zero-order chi connectivity index (χ0) is 16.6. The number of piperidine rings is 1. The van der Waals surface area contributed by atoms with Gasteiger partial charge >= 0.3 is 0 Å². The Morgan fingerprint density at radius 3 is 2.75 bits per heavy atom. The lowest BCUT2D eigenvalue weighted by Crippen LogP contribution is -2.45. The minimum Gasteiger partial charge on any atom is -0.468 e. The Balaban J connectivity index is 1.41. The van der Waals surface area contributed by atoms with Gasteiger partial charge in [0.25, 0.3) is 0 Å². The summed E-state index contributed by atoms with van der Waals surface area (Å²) in [6, 6.07) is 3.98. The number of rotatable bonds is 6. The van der Waals surface area contributed by atoms with E-state index in [1.54, 1.807) is 13.4 Å². The van der Waals surface area contributed by atoms with Gasteiger partial charge in [0.1, 0.15) is 5.76 Å². The summed E-state index contributed by atoms with van der Waals surface area (Å²) in [6.07, 6.45) is 6.48. The van der Waals surface area contributed by atoms with E-state index in [1.807, 2.05) is 12.1 Å². The summed E-state index contributed by atoms with van der Waals surface area (Å²) in [5.74, 6) is 2.17. The van der Waals surface area contributed by atoms with Crippen LogP contribution in [0.5, 0.6) is 0 Å². The summed E-state index contributed by atoms with van der Waals surface area (Å²) in [4.78, 5) is 17.5. The number of carbonyl (C=O) groups is 1. The molecule has 4 rings (SSSR count). The average Bonchev–Trinajstić information content (AvgIpc) is 3.19. The molecule has 1 aliphatic carbocycles. The molecule has 3 heterocycles. The predicted molar refractivity (Wildman–Crippen MR) is 90.3 cm³/mol. The van der Waals surface area contributed by atoms with E-state index in [0.717, 1.165) is 57.2 Å². The van der Waals surface area contributed by atoms with Crippen molar-refractivity contribution in [2.75, 3.05) is 39.9 Å². The summed E-state index contributed by atoms with van der Waals surface area (Å²) in [7, 11) is 1.72. The normalized spacial score (nSPS) is 27.3. The van der Waals surface area contributed by atoms with Crippen LogP contribution in [0.15, 0.2) is 22.8 Å². The van der Waals surface area contributed by atoms with E-state index in [0.29, 0.717) is 12.5 Å². The quantitative estimate of drug-likeness (QED) is 0.802. The Morgan fingerprint density at radius 1 is 1.33 bits per heavy atom. The van der Waals surface area contributed by atoms with E-state index >= 15 is 0 Å². The molecule has 1 aromatic heterocycles. The van der Waals surface area contributed by atoms with E-state index < -0.39 is 0 Å². The Labute approximate surface area is 143 Å². The molecule has 3 fully saturated rings. The molecule has 5 heteroatoms. The van der Waals surface area contributed by atoms with Crippen molar-refractivity contribution in [1.29, 1.82) is 0 Å². The molecule has 0 unspecified atom stereocenters. The van der Waals surface area contributed by atoms with E-state index in [9.17, 15) is 4.79 Å². The Morgan fingerprint density at radius 2 is 2.12 bits per heavy atom. The lowest BCUT2D eigenvalue weighted by atomic mass is 9.71. The van der Waals surface area contributed by atoms with Crippen molar-refractivity contribution in [3.8, 4) is 0 Å². The maximum absolute atomic E-state index is 12.9. The van der Waals surface area contributed by atoms with Crippen molar-refractivity contribution >= 4 is 5.91 Å². The van der Waals surface area contributed by atoms with Gasteiger partial charge in [-0.2, -0.15) is 0 Å². The molecule has 2 saturated heterocycles. The van der Waals surface area contributed by atoms with Gasteiger partial charge < -0.3 is 14.1 Å². The van der Waals surface area contributed by atoms with Gasteiger partial charge in [-0.3, -0.25) is 9.69 Å². The highest BCUT2D eigenvalue weighted by atomic mass is 16.5. The number of furan rings is 1. The van der Waals surface area contributed by atoms with E-state index in [4.69, 9.17) is 9.15 Å². The van der Waals surface area contributed by atoms with Crippen molar-refractivity contribution in [2.24, 2.45) is 17.3 Å². The van der Waals surface area contributed by atoms with Crippen LogP contribution in [0.25, 0.3) is 0 Å².